The van der Waals surface area contributed by atoms with E-state index in [-0.39, 0.29) is 41.2 Å². The van der Waals surface area contributed by atoms with Gasteiger partial charge in [-0.15, -0.1) is 0 Å². The maximum atomic E-state index is 13.3. The van der Waals surface area contributed by atoms with Gasteiger partial charge in [0, 0.05) is 0 Å². The number of hydrogen-bond acceptors (Lipinski definition) is 4. The fourth-order valence-electron chi connectivity index (χ4n) is 5.66. The van der Waals surface area contributed by atoms with E-state index in [4.69, 9.17) is 4.74 Å². The van der Waals surface area contributed by atoms with Gasteiger partial charge in [-0.3, -0.25) is 9.59 Å². The maximum Gasteiger partial charge on any atom is 0.343 e. The fourth-order valence-corrected chi connectivity index (χ4v) is 5.66. The molecule has 1 aliphatic heterocycles. The lowest BCUT2D eigenvalue weighted by Gasteiger charge is -2.37. The van der Waals surface area contributed by atoms with Crippen LogP contribution in [-0.2, 0) is 9.59 Å². The van der Waals surface area contributed by atoms with Crippen LogP contribution in [0.25, 0.3) is 0 Å². The van der Waals surface area contributed by atoms with E-state index in [0.29, 0.717) is 23.1 Å². The summed E-state index contributed by atoms with van der Waals surface area (Å²) < 4.78 is 5.59. The molecule has 1 saturated heterocycles. The van der Waals surface area contributed by atoms with Crippen LogP contribution in [0.4, 0.5) is 5.69 Å². The van der Waals surface area contributed by atoms with Crippen LogP contribution in [0.1, 0.15) is 16.8 Å². The summed E-state index contributed by atoms with van der Waals surface area (Å²) >= 11 is 0. The molecule has 1 heterocycles. The second kappa shape index (κ2) is 5.89. The first-order valence-electron chi connectivity index (χ1n) is 10.1. The number of carbonyl (C=O) groups is 3. The van der Waals surface area contributed by atoms with Crippen LogP contribution >= 0.6 is 0 Å². The highest BCUT2D eigenvalue weighted by Gasteiger charge is 2.67. The Balaban J connectivity index is 1.35. The van der Waals surface area contributed by atoms with Crippen LogP contribution in [0, 0.1) is 35.5 Å². The minimum Gasteiger partial charge on any atom is -0.421 e. The third-order valence-electron chi connectivity index (χ3n) is 6.98. The molecule has 0 aromatic heterocycles. The Hall–Kier alpha value is -3.21. The van der Waals surface area contributed by atoms with Crippen LogP contribution in [-0.4, -0.2) is 17.8 Å². The molecule has 6 atom stereocenters. The Morgan fingerprint density at radius 3 is 2.07 bits per heavy atom. The number of amides is 2. The summed E-state index contributed by atoms with van der Waals surface area (Å²) in [7, 11) is 0. The number of carbonyl (C=O) groups excluding carboxylic acids is 3. The molecule has 3 fully saturated rings. The quantitative estimate of drug-likeness (QED) is 0.351. The van der Waals surface area contributed by atoms with Crippen molar-refractivity contribution in [3.05, 3.63) is 72.3 Å². The first-order chi connectivity index (χ1) is 14.1. The summed E-state index contributed by atoms with van der Waals surface area (Å²) in [6, 6.07) is 15.5. The number of rotatable bonds is 3. The van der Waals surface area contributed by atoms with Gasteiger partial charge in [-0.05, 0) is 54.4 Å². The number of hydrogen-bond donors (Lipinski definition) is 0. The Bertz CT molecular complexity index is 1040. The molecule has 4 aliphatic carbocycles. The van der Waals surface area contributed by atoms with E-state index in [2.05, 4.69) is 12.2 Å². The van der Waals surface area contributed by atoms with Gasteiger partial charge >= 0.3 is 5.97 Å². The molecule has 0 radical (unpaired) electrons. The molecule has 2 bridgehead atoms. The van der Waals surface area contributed by atoms with Gasteiger partial charge in [0.2, 0.25) is 11.8 Å². The third-order valence-corrected chi connectivity index (χ3v) is 6.98. The average molecular weight is 385 g/mol. The van der Waals surface area contributed by atoms with Crippen molar-refractivity contribution in [2.45, 2.75) is 6.42 Å². The molecule has 144 valence electrons. The predicted octanol–water partition coefficient (Wildman–Crippen LogP) is 3.46. The molecule has 0 spiro atoms. The second-order valence-corrected chi connectivity index (χ2v) is 8.39. The van der Waals surface area contributed by atoms with Crippen LogP contribution in [0.15, 0.2) is 66.7 Å². The van der Waals surface area contributed by atoms with Gasteiger partial charge in [0.25, 0.3) is 0 Å². The highest BCUT2D eigenvalue weighted by atomic mass is 16.5. The van der Waals surface area contributed by atoms with Gasteiger partial charge in [-0.25, -0.2) is 9.69 Å². The van der Waals surface area contributed by atoms with Crippen LogP contribution in [0.2, 0.25) is 0 Å². The summed E-state index contributed by atoms with van der Waals surface area (Å²) in [5.41, 5.74) is 0.770. The summed E-state index contributed by atoms with van der Waals surface area (Å²) in [6.45, 7) is 0. The third kappa shape index (κ3) is 2.30. The van der Waals surface area contributed by atoms with Crippen molar-refractivity contribution < 1.29 is 19.1 Å². The monoisotopic (exact) mass is 385 g/mol. The zero-order valence-corrected chi connectivity index (χ0v) is 15.6. The second-order valence-electron chi connectivity index (χ2n) is 8.39. The van der Waals surface area contributed by atoms with Crippen molar-refractivity contribution in [3.63, 3.8) is 0 Å². The number of ether oxygens (including phenoxy) is 1. The normalized spacial score (nSPS) is 33.4. The lowest BCUT2D eigenvalue weighted by molar-refractivity contribution is -0.124. The molecular weight excluding hydrogens is 366 g/mol. The summed E-state index contributed by atoms with van der Waals surface area (Å²) in [5, 5.41) is 0. The first kappa shape index (κ1) is 16.7. The maximum absolute atomic E-state index is 13.3. The lowest BCUT2D eigenvalue weighted by atomic mass is 9.63. The smallest absolute Gasteiger partial charge is 0.343 e. The zero-order chi connectivity index (χ0) is 19.7. The number of para-hydroxylation sites is 2. The van der Waals surface area contributed by atoms with Crippen molar-refractivity contribution in [2.75, 3.05) is 4.90 Å². The largest absolute Gasteiger partial charge is 0.421 e. The molecule has 0 unspecified atom stereocenters. The van der Waals surface area contributed by atoms with E-state index < -0.39 is 5.97 Å². The van der Waals surface area contributed by atoms with Crippen molar-refractivity contribution in [3.8, 4) is 5.75 Å². The van der Waals surface area contributed by atoms with Gasteiger partial charge in [0.1, 0.15) is 0 Å². The van der Waals surface area contributed by atoms with Crippen molar-refractivity contribution in [2.24, 2.45) is 35.5 Å². The molecule has 0 N–H and O–H groups in total. The minimum absolute atomic E-state index is 0.159. The van der Waals surface area contributed by atoms with Crippen molar-refractivity contribution >= 4 is 23.5 Å². The number of allylic oxidation sites excluding steroid dienone is 2. The molecule has 5 aliphatic rings. The Morgan fingerprint density at radius 1 is 0.828 bits per heavy atom. The van der Waals surface area contributed by atoms with E-state index in [1.165, 1.54) is 4.90 Å². The molecule has 2 aromatic carbocycles. The summed E-state index contributed by atoms with van der Waals surface area (Å²) in [4.78, 5) is 40.5. The van der Waals surface area contributed by atoms with Crippen molar-refractivity contribution in [1.82, 2.24) is 0 Å². The minimum atomic E-state index is -0.516. The van der Waals surface area contributed by atoms with Crippen LogP contribution in [0.3, 0.4) is 0 Å². The van der Waals surface area contributed by atoms with E-state index in [0.717, 1.165) is 6.42 Å². The zero-order valence-electron chi connectivity index (χ0n) is 15.6. The highest BCUT2D eigenvalue weighted by Crippen LogP contribution is 2.65. The topological polar surface area (TPSA) is 63.7 Å². The van der Waals surface area contributed by atoms with Gasteiger partial charge in [-0.2, -0.15) is 0 Å². The van der Waals surface area contributed by atoms with Gasteiger partial charge in [0.15, 0.2) is 5.75 Å². The van der Waals surface area contributed by atoms with Crippen LogP contribution in [0.5, 0.6) is 5.75 Å². The molecule has 5 nitrogen and oxygen atoms in total. The summed E-state index contributed by atoms with van der Waals surface area (Å²) in [5.74, 6) is 0.262. The van der Waals surface area contributed by atoms with Crippen molar-refractivity contribution in [1.29, 1.82) is 0 Å². The van der Waals surface area contributed by atoms with Gasteiger partial charge < -0.3 is 4.74 Å². The molecule has 7 rings (SSSR count). The molecule has 2 aromatic rings. The molecule has 2 amide bonds. The molecule has 2 saturated carbocycles. The van der Waals surface area contributed by atoms with E-state index >= 15 is 0 Å². The number of esters is 1. The number of nitrogens with zero attached hydrogens (tertiary/aromatic N) is 1. The highest BCUT2D eigenvalue weighted by molar-refractivity contribution is 6.23. The Kier molecular flexibility index (Phi) is 3.40. The van der Waals surface area contributed by atoms with Gasteiger partial charge in [-0.1, -0.05) is 42.5 Å². The van der Waals surface area contributed by atoms with E-state index in [9.17, 15) is 14.4 Å². The lowest BCUT2D eigenvalue weighted by Crippen LogP contribution is -2.40. The first-order valence-corrected chi connectivity index (χ1v) is 10.1. The Morgan fingerprint density at radius 2 is 1.41 bits per heavy atom. The Labute approximate surface area is 168 Å². The predicted molar refractivity (Wildman–Crippen MR) is 105 cm³/mol. The van der Waals surface area contributed by atoms with E-state index in [1.54, 1.807) is 48.5 Å². The van der Waals surface area contributed by atoms with E-state index in [1.807, 2.05) is 6.07 Å². The molecule has 29 heavy (non-hydrogen) atoms. The number of benzene rings is 2. The van der Waals surface area contributed by atoms with Gasteiger partial charge in [0.05, 0.1) is 23.1 Å². The molecule has 5 heteroatoms. The number of anilines is 1. The van der Waals surface area contributed by atoms with Crippen LogP contribution < -0.4 is 9.64 Å². The SMILES string of the molecule is O=C(Oc1ccccc1N1C(=O)[C@@H]2[C@H]3C=C[C@@H]([C@@H]4C[C@@H]34)[C@H]2C1=O)c1ccccc1. The summed E-state index contributed by atoms with van der Waals surface area (Å²) in [6.07, 6.45) is 5.42. The number of imide groups is 1. The molecular formula is C24H19NO4. The fraction of sp³-hybridized carbons (Fsp3) is 0.292. The standard InChI is InChI=1S/C24H19NO4/c26-22-20-14-10-11-15(17-12-16(14)17)21(20)23(27)25(22)18-8-4-5-9-19(18)29-24(28)13-6-2-1-3-7-13/h1-11,14-17,20-21H,12H2/t14-,15-,16-,17-,20+,21+/m0/s1. The average Bonchev–Trinajstić information content (AvgIpc) is 3.53.